The van der Waals surface area contributed by atoms with Crippen LogP contribution in [0, 0.1) is 0 Å². The number of imidazole rings is 1. The normalized spacial score (nSPS) is 20.7. The van der Waals surface area contributed by atoms with Crippen LogP contribution in [0.2, 0.25) is 5.02 Å². The maximum absolute atomic E-state index is 13.0. The van der Waals surface area contributed by atoms with E-state index in [1.165, 1.54) is 0 Å². The van der Waals surface area contributed by atoms with E-state index in [2.05, 4.69) is 9.88 Å². The summed E-state index contributed by atoms with van der Waals surface area (Å²) in [6, 6.07) is 10.2. The molecular weight excluding hydrogens is 380 g/mol. The van der Waals surface area contributed by atoms with Gasteiger partial charge in [0.25, 0.3) is 0 Å². The predicted molar refractivity (Wildman–Crippen MR) is 98.1 cm³/mol. The lowest BCUT2D eigenvalue weighted by Crippen LogP contribution is -2.27. The molecule has 0 radical (unpaired) electrons. The van der Waals surface area contributed by atoms with Crippen molar-refractivity contribution < 1.29 is 13.5 Å². The first kappa shape index (κ1) is 16.0. The lowest BCUT2D eigenvalue weighted by molar-refractivity contribution is -0.0506. The first-order valence-electron chi connectivity index (χ1n) is 8.09. The molecule has 8 heteroatoms. The van der Waals surface area contributed by atoms with Crippen molar-refractivity contribution >= 4 is 39.8 Å². The van der Waals surface area contributed by atoms with Crippen molar-refractivity contribution in [2.45, 2.75) is 25.1 Å². The van der Waals surface area contributed by atoms with Crippen LogP contribution in [-0.2, 0) is 0 Å². The van der Waals surface area contributed by atoms with Crippen LogP contribution in [0.4, 0.5) is 8.78 Å². The molecule has 26 heavy (non-hydrogen) atoms. The van der Waals surface area contributed by atoms with E-state index in [1.807, 2.05) is 18.2 Å². The molecule has 3 heterocycles. The molecule has 0 saturated carbocycles. The molecule has 1 aromatic heterocycles. The fraction of sp³-hybridized carbons (Fsp3) is 0.222. The van der Waals surface area contributed by atoms with Crippen molar-refractivity contribution in [3.05, 3.63) is 58.4 Å². The van der Waals surface area contributed by atoms with Crippen LogP contribution in [0.5, 0.6) is 5.75 Å². The summed E-state index contributed by atoms with van der Waals surface area (Å²) >= 11 is 11.7. The van der Waals surface area contributed by atoms with E-state index in [9.17, 15) is 8.78 Å². The second kappa shape index (κ2) is 5.62. The van der Waals surface area contributed by atoms with Crippen molar-refractivity contribution in [2.75, 3.05) is 0 Å². The number of halogens is 3. The molecule has 2 aliphatic heterocycles. The van der Waals surface area contributed by atoms with Gasteiger partial charge in [-0.1, -0.05) is 36.0 Å². The van der Waals surface area contributed by atoms with Crippen LogP contribution in [0.15, 0.2) is 36.4 Å². The molecule has 2 atom stereocenters. The summed E-state index contributed by atoms with van der Waals surface area (Å²) in [5.74, 6) is 0.969. The topological polar surface area (TPSA) is 39.1 Å². The molecule has 2 aromatic carbocycles. The Morgan fingerprint density at radius 1 is 1.31 bits per heavy atom. The van der Waals surface area contributed by atoms with E-state index in [4.69, 9.17) is 33.5 Å². The van der Waals surface area contributed by atoms with Crippen LogP contribution in [-0.4, -0.2) is 21.2 Å². The molecule has 4 nitrogen and oxygen atoms in total. The van der Waals surface area contributed by atoms with Gasteiger partial charge in [0.05, 0.1) is 23.1 Å². The number of fused-ring (bicyclic) bond motifs is 9. The summed E-state index contributed by atoms with van der Waals surface area (Å²) < 4.78 is 32.8. The number of benzene rings is 2. The van der Waals surface area contributed by atoms with E-state index in [-0.39, 0.29) is 17.8 Å². The quantitative estimate of drug-likeness (QED) is 0.648. The molecule has 0 spiro atoms. The molecule has 0 saturated heterocycles. The van der Waals surface area contributed by atoms with Crippen molar-refractivity contribution in [3.63, 3.8) is 0 Å². The second-order valence-corrected chi connectivity index (χ2v) is 7.19. The van der Waals surface area contributed by atoms with Gasteiger partial charge in [0, 0.05) is 16.1 Å². The summed E-state index contributed by atoms with van der Waals surface area (Å²) in [5.41, 5.74) is 3.04. The Kier molecular flexibility index (Phi) is 3.45. The first-order chi connectivity index (χ1) is 12.5. The molecule has 0 amide bonds. The molecule has 3 aromatic rings. The van der Waals surface area contributed by atoms with Crippen LogP contribution >= 0.6 is 23.8 Å². The standard InChI is InChI=1S/C18H12ClF2N3OS/c19-8-4-5-10-12(6-8)24-13-7-11(16(24)22-10)23-17(26)9-2-1-3-14(15(9)13)25-18(20)21/h1-6,11,13,18H,7H2,(H,23,26). The summed E-state index contributed by atoms with van der Waals surface area (Å²) in [6.45, 7) is -2.91. The number of nitrogens with one attached hydrogen (secondary N) is 1. The Balaban J connectivity index is 1.79. The minimum absolute atomic E-state index is 0.0922. The maximum atomic E-state index is 13.0. The molecule has 0 fully saturated rings. The average molecular weight is 392 g/mol. The highest BCUT2D eigenvalue weighted by atomic mass is 35.5. The van der Waals surface area contributed by atoms with Crippen molar-refractivity contribution in [3.8, 4) is 5.75 Å². The van der Waals surface area contributed by atoms with Crippen molar-refractivity contribution in [1.82, 2.24) is 14.9 Å². The Morgan fingerprint density at radius 2 is 2.15 bits per heavy atom. The summed E-state index contributed by atoms with van der Waals surface area (Å²) in [4.78, 5) is 5.23. The third-order valence-electron chi connectivity index (χ3n) is 4.93. The number of ether oxygens (including phenoxy) is 1. The van der Waals surface area contributed by atoms with E-state index >= 15 is 0 Å². The molecular formula is C18H12ClF2N3OS. The van der Waals surface area contributed by atoms with Gasteiger partial charge in [-0.25, -0.2) is 4.98 Å². The zero-order chi connectivity index (χ0) is 18.0. The predicted octanol–water partition coefficient (Wildman–Crippen LogP) is 4.60. The molecule has 2 unspecified atom stereocenters. The van der Waals surface area contributed by atoms with Gasteiger partial charge in [0.1, 0.15) is 16.6 Å². The van der Waals surface area contributed by atoms with E-state index < -0.39 is 6.61 Å². The molecule has 2 bridgehead atoms. The number of alkyl halides is 2. The number of hydrogen-bond acceptors (Lipinski definition) is 3. The monoisotopic (exact) mass is 391 g/mol. The zero-order valence-electron chi connectivity index (χ0n) is 13.2. The third kappa shape index (κ3) is 2.23. The largest absolute Gasteiger partial charge is 0.434 e. The highest BCUT2D eigenvalue weighted by Crippen LogP contribution is 2.47. The summed E-state index contributed by atoms with van der Waals surface area (Å²) in [7, 11) is 0. The Labute approximate surface area is 157 Å². The summed E-state index contributed by atoms with van der Waals surface area (Å²) in [5, 5.41) is 3.91. The van der Waals surface area contributed by atoms with Gasteiger partial charge in [0.2, 0.25) is 0 Å². The Bertz CT molecular complexity index is 1070. The molecule has 5 rings (SSSR count). The Hall–Kier alpha value is -2.25. The van der Waals surface area contributed by atoms with Gasteiger partial charge in [-0.2, -0.15) is 8.78 Å². The lowest BCUT2D eigenvalue weighted by atomic mass is 9.98. The number of aromatic nitrogens is 2. The van der Waals surface area contributed by atoms with Gasteiger partial charge < -0.3 is 14.6 Å². The van der Waals surface area contributed by atoms with E-state index in [0.717, 1.165) is 16.9 Å². The fourth-order valence-electron chi connectivity index (χ4n) is 3.98. The maximum Gasteiger partial charge on any atom is 0.387 e. The van der Waals surface area contributed by atoms with Gasteiger partial charge in [0.15, 0.2) is 0 Å². The fourth-order valence-corrected chi connectivity index (χ4v) is 4.47. The first-order valence-corrected chi connectivity index (χ1v) is 8.87. The minimum Gasteiger partial charge on any atom is -0.434 e. The van der Waals surface area contributed by atoms with E-state index in [1.54, 1.807) is 18.2 Å². The molecule has 132 valence electrons. The van der Waals surface area contributed by atoms with Gasteiger partial charge in [-0.05, 0) is 30.7 Å². The Morgan fingerprint density at radius 3 is 2.96 bits per heavy atom. The highest BCUT2D eigenvalue weighted by Gasteiger charge is 2.41. The van der Waals surface area contributed by atoms with Gasteiger partial charge in [-0.15, -0.1) is 0 Å². The average Bonchev–Trinajstić information content (AvgIpc) is 3.07. The van der Waals surface area contributed by atoms with E-state index in [0.29, 0.717) is 27.6 Å². The molecule has 1 N–H and O–H groups in total. The highest BCUT2D eigenvalue weighted by molar-refractivity contribution is 7.80. The SMILES string of the molecule is FC(F)Oc1cccc2c1C1CC(NC2=S)c2nc3ccc(Cl)cc3n21. The minimum atomic E-state index is -2.91. The zero-order valence-corrected chi connectivity index (χ0v) is 14.8. The van der Waals surface area contributed by atoms with Crippen molar-refractivity contribution in [1.29, 1.82) is 0 Å². The molecule has 0 aliphatic carbocycles. The lowest BCUT2D eigenvalue weighted by Gasteiger charge is -2.22. The van der Waals surface area contributed by atoms with Gasteiger partial charge in [-0.3, -0.25) is 0 Å². The second-order valence-electron chi connectivity index (χ2n) is 6.35. The number of rotatable bonds is 2. The van der Waals surface area contributed by atoms with Gasteiger partial charge >= 0.3 is 6.61 Å². The van der Waals surface area contributed by atoms with Crippen LogP contribution in [0.3, 0.4) is 0 Å². The number of thiocarbonyl (C=S) groups is 1. The van der Waals surface area contributed by atoms with Crippen LogP contribution < -0.4 is 10.1 Å². The summed E-state index contributed by atoms with van der Waals surface area (Å²) in [6.07, 6.45) is 0.654. The van der Waals surface area contributed by atoms with Crippen molar-refractivity contribution in [2.24, 2.45) is 0 Å². The van der Waals surface area contributed by atoms with Crippen LogP contribution in [0.25, 0.3) is 11.0 Å². The number of nitrogens with zero attached hydrogens (tertiary/aromatic N) is 2. The smallest absolute Gasteiger partial charge is 0.387 e. The molecule has 2 aliphatic rings. The van der Waals surface area contributed by atoms with Crippen LogP contribution in [0.1, 0.15) is 35.5 Å². The number of hydrogen-bond donors (Lipinski definition) is 1. The third-order valence-corrected chi connectivity index (χ3v) is 5.50.